The van der Waals surface area contributed by atoms with E-state index in [1.807, 2.05) is 0 Å². The van der Waals surface area contributed by atoms with E-state index in [1.54, 1.807) is 0 Å². The fourth-order valence-corrected chi connectivity index (χ4v) is 4.64. The highest BCUT2D eigenvalue weighted by Crippen LogP contribution is 2.50. The van der Waals surface area contributed by atoms with E-state index in [4.69, 9.17) is 0 Å². The largest absolute Gasteiger partial charge is 0.250 e. The Morgan fingerprint density at radius 2 is 0.950 bits per heavy atom. The summed E-state index contributed by atoms with van der Waals surface area (Å²) in [5, 5.41) is 0. The van der Waals surface area contributed by atoms with Crippen molar-refractivity contribution in [2.24, 2.45) is 23.7 Å². The summed E-state index contributed by atoms with van der Waals surface area (Å²) in [6.45, 7) is 0. The quantitative estimate of drug-likeness (QED) is 0.505. The molecule has 0 spiro atoms. The molecular formula is C16H24F4. The third-order valence-corrected chi connectivity index (χ3v) is 6.05. The first kappa shape index (κ1) is 14.6. The van der Waals surface area contributed by atoms with Crippen molar-refractivity contribution in [1.82, 2.24) is 0 Å². The van der Waals surface area contributed by atoms with E-state index in [9.17, 15) is 17.6 Å². The third-order valence-electron chi connectivity index (χ3n) is 6.05. The van der Waals surface area contributed by atoms with Gasteiger partial charge < -0.3 is 0 Å². The van der Waals surface area contributed by atoms with Crippen LogP contribution in [0.5, 0.6) is 0 Å². The molecule has 4 unspecified atom stereocenters. The summed E-state index contributed by atoms with van der Waals surface area (Å²) in [6, 6.07) is 0. The van der Waals surface area contributed by atoms with Gasteiger partial charge >= 0.3 is 0 Å². The molecule has 0 amide bonds. The summed E-state index contributed by atoms with van der Waals surface area (Å²) in [7, 11) is 0. The molecule has 0 N–H and O–H groups in total. The van der Waals surface area contributed by atoms with E-state index in [0.717, 1.165) is 0 Å². The number of rotatable bonds is 0. The Kier molecular flexibility index (Phi) is 3.79. The molecule has 3 aliphatic rings. The average molecular weight is 292 g/mol. The molecule has 4 heteroatoms. The van der Waals surface area contributed by atoms with E-state index in [-0.39, 0.29) is 24.7 Å². The number of hydrogen-bond donors (Lipinski definition) is 0. The molecule has 116 valence electrons. The molecule has 3 rings (SSSR count). The molecule has 0 heterocycles. The summed E-state index contributed by atoms with van der Waals surface area (Å²) < 4.78 is 56.8. The topological polar surface area (TPSA) is 0 Å². The Hall–Kier alpha value is -0.280. The van der Waals surface area contributed by atoms with Gasteiger partial charge in [-0.3, -0.25) is 0 Å². The van der Waals surface area contributed by atoms with Crippen molar-refractivity contribution in [2.75, 3.05) is 0 Å². The fourth-order valence-electron chi connectivity index (χ4n) is 4.64. The van der Waals surface area contributed by atoms with Crippen molar-refractivity contribution in [3.63, 3.8) is 0 Å². The van der Waals surface area contributed by atoms with Crippen molar-refractivity contribution in [1.29, 1.82) is 0 Å². The second-order valence-corrected chi connectivity index (χ2v) is 7.35. The summed E-state index contributed by atoms with van der Waals surface area (Å²) in [5.74, 6) is -6.08. The molecule has 0 saturated heterocycles. The minimum absolute atomic E-state index is 0.0899. The van der Waals surface area contributed by atoms with Crippen LogP contribution in [0, 0.1) is 23.7 Å². The maximum atomic E-state index is 14.2. The van der Waals surface area contributed by atoms with E-state index >= 15 is 0 Å². The summed E-state index contributed by atoms with van der Waals surface area (Å²) >= 11 is 0. The monoisotopic (exact) mass is 292 g/mol. The first-order valence-electron chi connectivity index (χ1n) is 8.12. The molecule has 4 atom stereocenters. The molecule has 3 saturated carbocycles. The molecule has 3 fully saturated rings. The zero-order chi connectivity index (χ0) is 14.4. The van der Waals surface area contributed by atoms with Gasteiger partial charge in [-0.05, 0) is 63.2 Å². The molecule has 3 aliphatic carbocycles. The highest BCUT2D eigenvalue weighted by molar-refractivity contribution is 4.91. The molecular weight excluding hydrogens is 268 g/mol. The van der Waals surface area contributed by atoms with Crippen LogP contribution in [0.3, 0.4) is 0 Å². The highest BCUT2D eigenvalue weighted by Gasteiger charge is 2.48. The van der Waals surface area contributed by atoms with E-state index in [2.05, 4.69) is 0 Å². The van der Waals surface area contributed by atoms with Gasteiger partial charge in [0, 0.05) is 24.7 Å². The minimum atomic E-state index is -2.57. The van der Waals surface area contributed by atoms with Crippen LogP contribution in [0.25, 0.3) is 0 Å². The molecule has 0 aliphatic heterocycles. The van der Waals surface area contributed by atoms with Gasteiger partial charge in [-0.1, -0.05) is 0 Å². The molecule has 0 aromatic rings. The lowest BCUT2D eigenvalue weighted by Crippen LogP contribution is -2.29. The van der Waals surface area contributed by atoms with Crippen molar-refractivity contribution in [2.45, 2.75) is 76.1 Å². The van der Waals surface area contributed by atoms with Gasteiger partial charge in [0.15, 0.2) is 0 Å². The van der Waals surface area contributed by atoms with Crippen LogP contribution in [0.2, 0.25) is 0 Å². The minimum Gasteiger partial charge on any atom is -0.207 e. The maximum absolute atomic E-state index is 14.2. The van der Waals surface area contributed by atoms with Gasteiger partial charge in [0.05, 0.1) is 0 Å². The van der Waals surface area contributed by atoms with Crippen molar-refractivity contribution >= 4 is 0 Å². The Morgan fingerprint density at radius 1 is 0.550 bits per heavy atom. The Bertz CT molecular complexity index is 318. The average Bonchev–Trinajstić information content (AvgIpc) is 3.03. The van der Waals surface area contributed by atoms with E-state index in [1.165, 1.54) is 0 Å². The van der Waals surface area contributed by atoms with Crippen LogP contribution in [0.1, 0.15) is 64.2 Å². The SMILES string of the molecule is FC1(F)CCC2CCC(C2)C(F)(F)CCC2CCC1C2. The second-order valence-electron chi connectivity index (χ2n) is 7.35. The molecule has 20 heavy (non-hydrogen) atoms. The Labute approximate surface area is 118 Å². The maximum Gasteiger partial charge on any atom is 0.250 e. The van der Waals surface area contributed by atoms with Crippen LogP contribution in [0.15, 0.2) is 0 Å². The van der Waals surface area contributed by atoms with Gasteiger partial charge in [-0.15, -0.1) is 0 Å². The first-order valence-corrected chi connectivity index (χ1v) is 8.12. The molecule has 0 aromatic carbocycles. The second kappa shape index (κ2) is 5.17. The smallest absolute Gasteiger partial charge is 0.207 e. The molecule has 0 nitrogen and oxygen atoms in total. The zero-order valence-electron chi connectivity index (χ0n) is 11.9. The van der Waals surface area contributed by atoms with Crippen molar-refractivity contribution < 1.29 is 17.6 Å². The van der Waals surface area contributed by atoms with Gasteiger partial charge in [-0.25, -0.2) is 17.6 Å². The van der Waals surface area contributed by atoms with Gasteiger partial charge in [0.2, 0.25) is 0 Å². The van der Waals surface area contributed by atoms with Crippen molar-refractivity contribution in [3.05, 3.63) is 0 Å². The Morgan fingerprint density at radius 3 is 1.35 bits per heavy atom. The normalized spacial score (nSPS) is 43.8. The molecule has 4 bridgehead atoms. The standard InChI is InChI=1S/C16H24F4/c17-15(18)8-6-12-2-4-14(10-12)16(19,20)7-5-11-1-3-13(15)9-11/h11-14H,1-10H2. The van der Waals surface area contributed by atoms with E-state index in [0.29, 0.717) is 51.4 Å². The Balaban J connectivity index is 1.75. The lowest BCUT2D eigenvalue weighted by Gasteiger charge is -2.28. The van der Waals surface area contributed by atoms with Crippen LogP contribution in [0.4, 0.5) is 17.6 Å². The zero-order valence-corrected chi connectivity index (χ0v) is 11.9. The first-order chi connectivity index (χ1) is 9.37. The number of fused-ring (bicyclic) bond motifs is 4. The van der Waals surface area contributed by atoms with E-state index < -0.39 is 23.7 Å². The van der Waals surface area contributed by atoms with Crippen LogP contribution in [-0.4, -0.2) is 11.8 Å². The summed E-state index contributed by atoms with van der Waals surface area (Å²) in [6.07, 6.45) is 4.07. The fraction of sp³-hybridized carbons (Fsp3) is 1.00. The van der Waals surface area contributed by atoms with Gasteiger partial charge in [0.25, 0.3) is 11.8 Å². The number of hydrogen-bond acceptors (Lipinski definition) is 0. The number of halogens is 4. The van der Waals surface area contributed by atoms with Gasteiger partial charge in [0.1, 0.15) is 0 Å². The molecule has 0 radical (unpaired) electrons. The summed E-state index contributed by atoms with van der Waals surface area (Å²) in [5.41, 5.74) is 0. The van der Waals surface area contributed by atoms with Crippen LogP contribution < -0.4 is 0 Å². The lowest BCUT2D eigenvalue weighted by atomic mass is 9.86. The van der Waals surface area contributed by atoms with Crippen molar-refractivity contribution in [3.8, 4) is 0 Å². The summed E-state index contributed by atoms with van der Waals surface area (Å²) in [4.78, 5) is 0. The molecule has 0 aromatic heterocycles. The van der Waals surface area contributed by atoms with Crippen LogP contribution in [-0.2, 0) is 0 Å². The number of alkyl halides is 4. The predicted molar refractivity (Wildman–Crippen MR) is 70.0 cm³/mol. The predicted octanol–water partition coefficient (Wildman–Crippen LogP) is 5.66. The van der Waals surface area contributed by atoms with Crippen LogP contribution >= 0.6 is 0 Å². The van der Waals surface area contributed by atoms with Gasteiger partial charge in [-0.2, -0.15) is 0 Å². The highest BCUT2D eigenvalue weighted by atomic mass is 19.3. The lowest BCUT2D eigenvalue weighted by molar-refractivity contribution is -0.0792. The third kappa shape index (κ3) is 2.85.